The summed E-state index contributed by atoms with van der Waals surface area (Å²) in [7, 11) is 0. The second kappa shape index (κ2) is 5.57. The van der Waals surface area contributed by atoms with E-state index in [9.17, 15) is 0 Å². The summed E-state index contributed by atoms with van der Waals surface area (Å²) >= 11 is 5.19. The first-order chi connectivity index (χ1) is 7.79. The topological polar surface area (TPSA) is 33.4 Å². The Morgan fingerprint density at radius 1 is 1.31 bits per heavy atom. The molecule has 0 spiro atoms. The van der Waals surface area contributed by atoms with Gasteiger partial charge in [-0.05, 0) is 45.8 Å². The predicted molar refractivity (Wildman–Crippen MR) is 68.3 cm³/mol. The van der Waals surface area contributed by atoms with Crippen molar-refractivity contribution in [3.8, 4) is 0 Å². The number of hydrogen-bond acceptors (Lipinski definition) is 3. The lowest BCUT2D eigenvalue weighted by atomic mass is 10.2. The van der Waals surface area contributed by atoms with Crippen molar-refractivity contribution in [2.45, 2.75) is 17.3 Å². The van der Waals surface area contributed by atoms with Gasteiger partial charge in [0.1, 0.15) is 5.76 Å². The number of rotatable bonds is 4. The fourth-order valence-corrected chi connectivity index (χ4v) is 2.90. The molecule has 0 unspecified atom stereocenters. The van der Waals surface area contributed by atoms with Crippen LogP contribution in [0.4, 0.5) is 0 Å². The molecule has 0 radical (unpaired) electrons. The molecule has 0 saturated heterocycles. The van der Waals surface area contributed by atoms with Gasteiger partial charge in [-0.1, -0.05) is 6.07 Å². The highest BCUT2D eigenvalue weighted by atomic mass is 79.9. The van der Waals surface area contributed by atoms with Gasteiger partial charge < -0.3 is 9.52 Å². The van der Waals surface area contributed by atoms with Gasteiger partial charge in [-0.2, -0.15) is 0 Å². The minimum absolute atomic E-state index is 0.0712. The van der Waals surface area contributed by atoms with Gasteiger partial charge >= 0.3 is 0 Å². The third-order valence-corrected chi connectivity index (χ3v) is 4.14. The Bertz CT molecular complexity index is 454. The molecule has 1 N–H and O–H groups in total. The van der Waals surface area contributed by atoms with E-state index in [4.69, 9.17) is 9.52 Å². The van der Waals surface area contributed by atoms with Crippen molar-refractivity contribution in [1.82, 2.24) is 0 Å². The monoisotopic (exact) mass is 298 g/mol. The van der Waals surface area contributed by atoms with Crippen LogP contribution in [0, 0.1) is 0 Å². The van der Waals surface area contributed by atoms with Crippen LogP contribution in [0.5, 0.6) is 0 Å². The van der Waals surface area contributed by atoms with Crippen molar-refractivity contribution in [3.05, 3.63) is 52.4 Å². The maximum absolute atomic E-state index is 8.99. The Morgan fingerprint density at radius 3 is 2.81 bits per heavy atom. The summed E-state index contributed by atoms with van der Waals surface area (Å²) in [5, 5.41) is 8.99. The average Bonchev–Trinajstić information content (AvgIpc) is 2.80. The van der Waals surface area contributed by atoms with Crippen LogP contribution < -0.4 is 0 Å². The van der Waals surface area contributed by atoms with Crippen LogP contribution in [0.15, 0.2) is 50.4 Å². The summed E-state index contributed by atoms with van der Waals surface area (Å²) in [6.07, 6.45) is 1.68. The summed E-state index contributed by atoms with van der Waals surface area (Å²) in [4.78, 5) is 1.15. The standard InChI is InChI=1S/C12H11BrO2S/c13-11-6-9(7-14)3-4-12(11)16-8-10-2-1-5-15-10/h1-6,14H,7-8H2. The molecular formula is C12H11BrO2S. The van der Waals surface area contributed by atoms with Gasteiger partial charge in [0.05, 0.1) is 18.6 Å². The van der Waals surface area contributed by atoms with E-state index in [0.29, 0.717) is 0 Å². The van der Waals surface area contributed by atoms with Crippen molar-refractivity contribution in [1.29, 1.82) is 0 Å². The highest BCUT2D eigenvalue weighted by Gasteiger charge is 2.03. The molecule has 2 nitrogen and oxygen atoms in total. The molecule has 0 bridgehead atoms. The SMILES string of the molecule is OCc1ccc(SCc2ccco2)c(Br)c1. The summed E-state index contributed by atoms with van der Waals surface area (Å²) < 4.78 is 6.27. The molecule has 1 heterocycles. The third-order valence-electron chi connectivity index (χ3n) is 2.13. The van der Waals surface area contributed by atoms with Crippen molar-refractivity contribution in [2.24, 2.45) is 0 Å². The second-order valence-electron chi connectivity index (χ2n) is 3.29. The third kappa shape index (κ3) is 2.90. The zero-order valence-corrected chi connectivity index (χ0v) is 10.9. The fourth-order valence-electron chi connectivity index (χ4n) is 1.30. The number of benzene rings is 1. The van der Waals surface area contributed by atoms with Crippen LogP contribution in [-0.2, 0) is 12.4 Å². The molecule has 0 aliphatic heterocycles. The van der Waals surface area contributed by atoms with E-state index in [1.165, 1.54) is 0 Å². The van der Waals surface area contributed by atoms with Gasteiger partial charge in [-0.15, -0.1) is 11.8 Å². The van der Waals surface area contributed by atoms with Crippen LogP contribution in [0.1, 0.15) is 11.3 Å². The van der Waals surface area contributed by atoms with Gasteiger partial charge in [0.25, 0.3) is 0 Å². The summed E-state index contributed by atoms with van der Waals surface area (Å²) in [6, 6.07) is 9.71. The number of halogens is 1. The van der Waals surface area contributed by atoms with Crippen LogP contribution in [0.2, 0.25) is 0 Å². The van der Waals surface area contributed by atoms with Crippen LogP contribution >= 0.6 is 27.7 Å². The molecule has 0 aliphatic rings. The zero-order valence-electron chi connectivity index (χ0n) is 8.52. The molecular weight excluding hydrogens is 288 g/mol. The second-order valence-corrected chi connectivity index (χ2v) is 5.16. The lowest BCUT2D eigenvalue weighted by Crippen LogP contribution is -1.84. The molecule has 1 aromatic heterocycles. The molecule has 0 fully saturated rings. The summed E-state index contributed by atoms with van der Waals surface area (Å²) in [6.45, 7) is 0.0712. The first-order valence-electron chi connectivity index (χ1n) is 4.84. The molecule has 0 amide bonds. The fraction of sp³-hybridized carbons (Fsp3) is 0.167. The Hall–Kier alpha value is -0.710. The Kier molecular flexibility index (Phi) is 4.09. The number of hydrogen-bond donors (Lipinski definition) is 1. The van der Waals surface area contributed by atoms with Crippen molar-refractivity contribution in [3.63, 3.8) is 0 Å². The Labute approximate surface area is 107 Å². The van der Waals surface area contributed by atoms with E-state index < -0.39 is 0 Å². The molecule has 2 aromatic rings. The molecule has 0 atom stereocenters. The molecule has 16 heavy (non-hydrogen) atoms. The smallest absolute Gasteiger partial charge is 0.113 e. The van der Waals surface area contributed by atoms with Crippen molar-refractivity contribution >= 4 is 27.7 Å². The zero-order chi connectivity index (χ0) is 11.4. The van der Waals surface area contributed by atoms with Gasteiger partial charge in [-0.3, -0.25) is 0 Å². The maximum Gasteiger partial charge on any atom is 0.113 e. The molecule has 0 saturated carbocycles. The Balaban J connectivity index is 2.04. The highest BCUT2D eigenvalue weighted by molar-refractivity contribution is 9.10. The van der Waals surface area contributed by atoms with Gasteiger partial charge in [-0.25, -0.2) is 0 Å². The van der Waals surface area contributed by atoms with E-state index in [2.05, 4.69) is 15.9 Å². The average molecular weight is 299 g/mol. The highest BCUT2D eigenvalue weighted by Crippen LogP contribution is 2.30. The van der Waals surface area contributed by atoms with Crippen LogP contribution in [0.25, 0.3) is 0 Å². The van der Waals surface area contributed by atoms with Gasteiger partial charge in [0.15, 0.2) is 0 Å². The van der Waals surface area contributed by atoms with E-state index in [1.807, 2.05) is 30.3 Å². The normalized spacial score (nSPS) is 10.6. The Morgan fingerprint density at radius 2 is 2.19 bits per heavy atom. The largest absolute Gasteiger partial charge is 0.468 e. The van der Waals surface area contributed by atoms with E-state index in [1.54, 1.807) is 18.0 Å². The number of furan rings is 1. The molecule has 2 rings (SSSR count). The van der Waals surface area contributed by atoms with Crippen molar-refractivity contribution < 1.29 is 9.52 Å². The number of aliphatic hydroxyl groups excluding tert-OH is 1. The lowest BCUT2D eigenvalue weighted by Gasteiger charge is -2.04. The molecule has 0 aliphatic carbocycles. The quantitative estimate of drug-likeness (QED) is 0.871. The van der Waals surface area contributed by atoms with Gasteiger partial charge in [0, 0.05) is 9.37 Å². The first kappa shape index (κ1) is 11.8. The first-order valence-corrected chi connectivity index (χ1v) is 6.62. The molecule has 4 heteroatoms. The molecule has 1 aromatic carbocycles. The summed E-state index contributed by atoms with van der Waals surface area (Å²) in [5.74, 6) is 1.77. The maximum atomic E-state index is 8.99. The van der Waals surface area contributed by atoms with E-state index >= 15 is 0 Å². The number of thioether (sulfide) groups is 1. The van der Waals surface area contributed by atoms with Crippen LogP contribution in [0.3, 0.4) is 0 Å². The van der Waals surface area contributed by atoms with Gasteiger partial charge in [0.2, 0.25) is 0 Å². The van der Waals surface area contributed by atoms with E-state index in [0.717, 1.165) is 26.4 Å². The summed E-state index contributed by atoms with van der Waals surface area (Å²) in [5.41, 5.74) is 0.911. The van der Waals surface area contributed by atoms with Crippen LogP contribution in [-0.4, -0.2) is 5.11 Å². The van der Waals surface area contributed by atoms with Crippen molar-refractivity contribution in [2.75, 3.05) is 0 Å². The number of aliphatic hydroxyl groups is 1. The minimum Gasteiger partial charge on any atom is -0.468 e. The molecule has 84 valence electrons. The predicted octanol–water partition coefficient (Wildman–Crippen LogP) is 3.83. The van der Waals surface area contributed by atoms with E-state index in [-0.39, 0.29) is 6.61 Å². The minimum atomic E-state index is 0.0712. The lowest BCUT2D eigenvalue weighted by molar-refractivity contribution is 0.281.